The highest BCUT2D eigenvalue weighted by Crippen LogP contribution is 2.55. The molecule has 1 aliphatic heterocycles. The first-order valence-electron chi connectivity index (χ1n) is 10.3. The molecule has 166 valence electrons. The van der Waals surface area contributed by atoms with Gasteiger partial charge in [-0.2, -0.15) is 0 Å². The molecule has 1 atom stereocenters. The van der Waals surface area contributed by atoms with Gasteiger partial charge in [-0.15, -0.1) is 5.06 Å². The van der Waals surface area contributed by atoms with Crippen molar-refractivity contribution in [3.05, 3.63) is 41.5 Å². The summed E-state index contributed by atoms with van der Waals surface area (Å²) in [6, 6.07) is 5.64. The number of hydrogen-bond acceptors (Lipinski definition) is 5. The third-order valence-corrected chi connectivity index (χ3v) is 5.72. The van der Waals surface area contributed by atoms with E-state index in [9.17, 15) is 14.0 Å². The Labute approximate surface area is 179 Å². The normalized spacial score (nSPS) is 19.0. The number of aromatic nitrogens is 1. The molecule has 4 rings (SSSR count). The van der Waals surface area contributed by atoms with Crippen molar-refractivity contribution in [2.45, 2.75) is 52.1 Å². The van der Waals surface area contributed by atoms with Gasteiger partial charge in [-0.05, 0) is 36.0 Å². The number of halogens is 1. The number of nitrogens with two attached hydrogens (primary N) is 2. The predicted octanol–water partition coefficient (Wildman–Crippen LogP) is 4.04. The molecule has 0 bridgehead atoms. The predicted molar refractivity (Wildman–Crippen MR) is 112 cm³/mol. The van der Waals surface area contributed by atoms with E-state index in [1.54, 1.807) is 12.1 Å². The SMILES string of the molecule is CC(C)(C)C1c2c(OC(N)=O)c(-c3ccc(F)cc3)c(C3CC3)n2CCN1OC(N)=O. The van der Waals surface area contributed by atoms with Crippen LogP contribution in [-0.2, 0) is 11.4 Å². The Balaban J connectivity index is 2.00. The number of primary amides is 2. The summed E-state index contributed by atoms with van der Waals surface area (Å²) in [4.78, 5) is 28.8. The molecular formula is C22H27FN4O4. The molecule has 1 saturated carbocycles. The number of nitrogens with zero attached hydrogens (tertiary/aromatic N) is 2. The lowest BCUT2D eigenvalue weighted by atomic mass is 9.83. The lowest BCUT2D eigenvalue weighted by Gasteiger charge is -2.42. The van der Waals surface area contributed by atoms with Gasteiger partial charge in [0.15, 0.2) is 5.75 Å². The van der Waals surface area contributed by atoms with Crippen LogP contribution in [0.3, 0.4) is 0 Å². The second-order valence-corrected chi connectivity index (χ2v) is 9.15. The molecule has 2 aliphatic rings. The third kappa shape index (κ3) is 3.97. The van der Waals surface area contributed by atoms with Crippen molar-refractivity contribution in [2.75, 3.05) is 6.54 Å². The lowest BCUT2D eigenvalue weighted by molar-refractivity contribution is -0.168. The number of benzene rings is 1. The Morgan fingerprint density at radius 1 is 1.03 bits per heavy atom. The highest BCUT2D eigenvalue weighted by molar-refractivity contribution is 5.81. The minimum Gasteiger partial charge on any atom is -0.408 e. The molecule has 2 aromatic rings. The molecule has 4 N–H and O–H groups in total. The Morgan fingerprint density at radius 3 is 2.19 bits per heavy atom. The summed E-state index contributed by atoms with van der Waals surface area (Å²) >= 11 is 0. The quantitative estimate of drug-likeness (QED) is 0.760. The van der Waals surface area contributed by atoms with E-state index in [0.717, 1.165) is 29.7 Å². The number of fused-ring (bicyclic) bond motifs is 1. The maximum Gasteiger partial charge on any atom is 0.423 e. The topological polar surface area (TPSA) is 113 Å². The van der Waals surface area contributed by atoms with Crippen LogP contribution in [0.4, 0.5) is 14.0 Å². The summed E-state index contributed by atoms with van der Waals surface area (Å²) in [5.74, 6) is 0.263. The van der Waals surface area contributed by atoms with Crippen LogP contribution in [0.1, 0.15) is 57.0 Å². The highest BCUT2D eigenvalue weighted by Gasteiger charge is 2.46. The van der Waals surface area contributed by atoms with Crippen LogP contribution in [0.5, 0.6) is 5.75 Å². The number of carbonyl (C=O) groups is 2. The molecule has 9 heteroatoms. The van der Waals surface area contributed by atoms with Gasteiger partial charge >= 0.3 is 12.2 Å². The Morgan fingerprint density at radius 2 is 1.68 bits per heavy atom. The molecule has 1 aromatic heterocycles. The lowest BCUT2D eigenvalue weighted by Crippen LogP contribution is -2.46. The first-order chi connectivity index (χ1) is 14.6. The fourth-order valence-electron chi connectivity index (χ4n) is 4.55. The fraction of sp³-hybridized carbons (Fsp3) is 0.455. The molecule has 0 radical (unpaired) electrons. The number of amides is 2. The van der Waals surface area contributed by atoms with Gasteiger partial charge in [-0.3, -0.25) is 0 Å². The zero-order valence-electron chi connectivity index (χ0n) is 17.9. The summed E-state index contributed by atoms with van der Waals surface area (Å²) in [5, 5.41) is 1.54. The average Bonchev–Trinajstić information content (AvgIpc) is 3.44. The molecule has 2 amide bonds. The van der Waals surface area contributed by atoms with Crippen molar-refractivity contribution in [1.29, 1.82) is 0 Å². The molecule has 1 aliphatic carbocycles. The van der Waals surface area contributed by atoms with E-state index in [4.69, 9.17) is 21.0 Å². The highest BCUT2D eigenvalue weighted by atomic mass is 19.1. The van der Waals surface area contributed by atoms with E-state index in [1.165, 1.54) is 17.2 Å². The maximum atomic E-state index is 13.6. The van der Waals surface area contributed by atoms with Crippen LogP contribution in [0.2, 0.25) is 0 Å². The molecule has 0 saturated heterocycles. The van der Waals surface area contributed by atoms with Crippen molar-refractivity contribution < 1.29 is 23.6 Å². The summed E-state index contributed by atoms with van der Waals surface area (Å²) in [6.07, 6.45) is 0.164. The second kappa shape index (κ2) is 7.56. The number of carbonyl (C=O) groups excluding carboxylic acids is 2. The Hall–Kier alpha value is -3.07. The van der Waals surface area contributed by atoms with E-state index >= 15 is 0 Å². The zero-order chi connectivity index (χ0) is 22.5. The van der Waals surface area contributed by atoms with E-state index in [0.29, 0.717) is 30.5 Å². The van der Waals surface area contributed by atoms with Crippen molar-refractivity contribution in [3.8, 4) is 16.9 Å². The van der Waals surface area contributed by atoms with Gasteiger partial charge in [0, 0.05) is 23.7 Å². The Bertz CT molecular complexity index is 1020. The molecular weight excluding hydrogens is 403 g/mol. The van der Waals surface area contributed by atoms with Crippen molar-refractivity contribution in [1.82, 2.24) is 9.63 Å². The molecule has 1 unspecified atom stereocenters. The van der Waals surface area contributed by atoms with Crippen LogP contribution in [0.15, 0.2) is 24.3 Å². The summed E-state index contributed by atoms with van der Waals surface area (Å²) < 4.78 is 21.4. The largest absolute Gasteiger partial charge is 0.423 e. The third-order valence-electron chi connectivity index (χ3n) is 5.72. The van der Waals surface area contributed by atoms with E-state index < -0.39 is 23.6 Å². The van der Waals surface area contributed by atoms with Gasteiger partial charge in [0.05, 0.1) is 18.3 Å². The van der Waals surface area contributed by atoms with Gasteiger partial charge in [-0.25, -0.2) is 14.0 Å². The molecule has 0 spiro atoms. The number of hydroxylamine groups is 2. The summed E-state index contributed by atoms with van der Waals surface area (Å²) in [6.45, 7) is 6.93. The summed E-state index contributed by atoms with van der Waals surface area (Å²) in [7, 11) is 0. The molecule has 1 aromatic carbocycles. The van der Waals surface area contributed by atoms with Crippen LogP contribution < -0.4 is 16.2 Å². The van der Waals surface area contributed by atoms with Gasteiger partial charge in [0.25, 0.3) is 0 Å². The van der Waals surface area contributed by atoms with Gasteiger partial charge in [0.1, 0.15) is 5.82 Å². The minimum atomic E-state index is -0.945. The first-order valence-corrected chi connectivity index (χ1v) is 10.3. The van der Waals surface area contributed by atoms with Gasteiger partial charge in [-0.1, -0.05) is 32.9 Å². The number of hydrogen-bond donors (Lipinski definition) is 2. The maximum absolute atomic E-state index is 13.6. The van der Waals surface area contributed by atoms with Crippen LogP contribution >= 0.6 is 0 Å². The number of ether oxygens (including phenoxy) is 1. The Kier molecular flexibility index (Phi) is 5.17. The zero-order valence-corrected chi connectivity index (χ0v) is 17.9. The van der Waals surface area contributed by atoms with Crippen molar-refractivity contribution in [3.63, 3.8) is 0 Å². The van der Waals surface area contributed by atoms with Crippen LogP contribution in [0.25, 0.3) is 11.1 Å². The molecule has 1 fully saturated rings. The van der Waals surface area contributed by atoms with Crippen molar-refractivity contribution in [2.24, 2.45) is 16.9 Å². The van der Waals surface area contributed by atoms with Gasteiger partial charge in [0.2, 0.25) is 0 Å². The second-order valence-electron chi connectivity index (χ2n) is 9.15. The smallest absolute Gasteiger partial charge is 0.408 e. The standard InChI is InChI=1S/C22H27FN4O4/c1-22(2,3)19-17-18(30-20(24)28)15(12-6-8-14(23)9-7-12)16(13-4-5-13)26(17)10-11-27(19)31-21(25)29/h6-9,13,19H,4-5,10-11H2,1-3H3,(H2,24,28)(H2,25,29). The first kappa shape index (κ1) is 21.2. The van der Waals surface area contributed by atoms with E-state index in [2.05, 4.69) is 4.57 Å². The fourth-order valence-corrected chi connectivity index (χ4v) is 4.55. The molecule has 8 nitrogen and oxygen atoms in total. The van der Waals surface area contributed by atoms with E-state index in [1.807, 2.05) is 20.8 Å². The molecule has 2 heterocycles. The molecule has 31 heavy (non-hydrogen) atoms. The van der Waals surface area contributed by atoms with Crippen molar-refractivity contribution >= 4 is 12.2 Å². The average molecular weight is 430 g/mol. The number of rotatable bonds is 4. The monoisotopic (exact) mass is 430 g/mol. The van der Waals surface area contributed by atoms with Gasteiger partial charge < -0.3 is 25.6 Å². The van der Waals surface area contributed by atoms with Crippen LogP contribution in [0, 0.1) is 11.2 Å². The summed E-state index contributed by atoms with van der Waals surface area (Å²) in [5.41, 5.74) is 13.5. The van der Waals surface area contributed by atoms with Crippen LogP contribution in [-0.4, -0.2) is 28.4 Å². The minimum absolute atomic E-state index is 0.299. The van der Waals surface area contributed by atoms with E-state index in [-0.39, 0.29) is 5.82 Å².